The first-order valence-corrected chi connectivity index (χ1v) is 9.69. The first kappa shape index (κ1) is 18.7. The molecule has 1 amide bonds. The number of aromatic nitrogens is 1. The van der Waals surface area contributed by atoms with Crippen LogP contribution >= 0.6 is 0 Å². The number of carbonyl (C=O) groups excluding carboxylic acids is 2. The van der Waals surface area contributed by atoms with Crippen molar-refractivity contribution >= 4 is 17.4 Å². The molecule has 1 aliphatic heterocycles. The van der Waals surface area contributed by atoms with Gasteiger partial charge < -0.3 is 4.90 Å². The van der Waals surface area contributed by atoms with E-state index < -0.39 is 11.2 Å². The second-order valence-corrected chi connectivity index (χ2v) is 7.92. The monoisotopic (exact) mass is 384 g/mol. The summed E-state index contributed by atoms with van der Waals surface area (Å²) in [6.07, 6.45) is 5.32. The summed E-state index contributed by atoms with van der Waals surface area (Å²) in [4.78, 5) is 31.3. The first-order chi connectivity index (χ1) is 13.5. The number of pyridine rings is 1. The molecule has 2 atom stereocenters. The normalized spacial score (nSPS) is 24.7. The van der Waals surface area contributed by atoms with Gasteiger partial charge in [0.25, 0.3) is 0 Å². The molecule has 0 bridgehead atoms. The molecule has 1 saturated carbocycles. The smallest absolute Gasteiger partial charge is 0.233 e. The van der Waals surface area contributed by atoms with E-state index in [1.807, 2.05) is 0 Å². The first-order valence-electron chi connectivity index (χ1n) is 9.69. The molecule has 2 heterocycles. The standard InChI is InChI=1S/C22H22F2N2O2/c23-16-4-1-5-18(12-16)26-10-9-22(21(26)28)8-2-3-15(13-22)11-20(27)19-7-6-17(24)14-25-19/h1,4-7,12,14-15H,2-3,8-11,13H2/t15-,22+/m1/s1. The zero-order chi connectivity index (χ0) is 19.7. The van der Waals surface area contributed by atoms with Crippen LogP contribution in [0.2, 0.25) is 0 Å². The lowest BCUT2D eigenvalue weighted by Crippen LogP contribution is -2.38. The maximum Gasteiger partial charge on any atom is 0.233 e. The van der Waals surface area contributed by atoms with E-state index in [1.54, 1.807) is 17.0 Å². The number of benzene rings is 1. The molecule has 4 rings (SSSR count). The highest BCUT2D eigenvalue weighted by atomic mass is 19.1. The summed E-state index contributed by atoms with van der Waals surface area (Å²) in [5.74, 6) is -0.804. The van der Waals surface area contributed by atoms with Crippen LogP contribution in [0, 0.1) is 23.0 Å². The van der Waals surface area contributed by atoms with Crippen LogP contribution in [0.1, 0.15) is 49.0 Å². The van der Waals surface area contributed by atoms with E-state index in [1.165, 1.54) is 24.3 Å². The number of ketones is 1. The summed E-state index contributed by atoms with van der Waals surface area (Å²) >= 11 is 0. The van der Waals surface area contributed by atoms with Gasteiger partial charge in [-0.15, -0.1) is 0 Å². The van der Waals surface area contributed by atoms with Gasteiger partial charge in [-0.05, 0) is 61.9 Å². The Morgan fingerprint density at radius 3 is 2.79 bits per heavy atom. The van der Waals surface area contributed by atoms with Crippen molar-refractivity contribution in [1.29, 1.82) is 0 Å². The Labute approximate surface area is 162 Å². The van der Waals surface area contributed by atoms with E-state index in [-0.39, 0.29) is 29.1 Å². The van der Waals surface area contributed by atoms with Gasteiger partial charge in [-0.1, -0.05) is 12.5 Å². The number of hydrogen-bond acceptors (Lipinski definition) is 3. The molecule has 2 aromatic rings. The Kier molecular flexibility index (Phi) is 4.96. The molecule has 28 heavy (non-hydrogen) atoms. The third-order valence-corrected chi connectivity index (χ3v) is 6.07. The van der Waals surface area contributed by atoms with Gasteiger partial charge in [-0.2, -0.15) is 0 Å². The van der Waals surface area contributed by atoms with Crippen LogP contribution in [0.15, 0.2) is 42.6 Å². The largest absolute Gasteiger partial charge is 0.312 e. The molecule has 0 N–H and O–H groups in total. The predicted molar refractivity (Wildman–Crippen MR) is 101 cm³/mol. The van der Waals surface area contributed by atoms with Crippen LogP contribution < -0.4 is 4.90 Å². The van der Waals surface area contributed by atoms with Crippen molar-refractivity contribution in [3.63, 3.8) is 0 Å². The molecule has 2 fully saturated rings. The van der Waals surface area contributed by atoms with E-state index in [9.17, 15) is 18.4 Å². The van der Waals surface area contributed by atoms with Gasteiger partial charge in [0.1, 0.15) is 17.3 Å². The zero-order valence-corrected chi connectivity index (χ0v) is 15.5. The third-order valence-electron chi connectivity index (χ3n) is 6.07. The molecule has 1 saturated heterocycles. The highest BCUT2D eigenvalue weighted by Crippen LogP contribution is 2.48. The van der Waals surface area contributed by atoms with Gasteiger partial charge >= 0.3 is 0 Å². The van der Waals surface area contributed by atoms with Gasteiger partial charge in [-0.25, -0.2) is 8.78 Å². The van der Waals surface area contributed by atoms with Crippen molar-refractivity contribution in [2.75, 3.05) is 11.4 Å². The highest BCUT2D eigenvalue weighted by Gasteiger charge is 2.49. The van der Waals surface area contributed by atoms with Gasteiger partial charge in [0.05, 0.1) is 11.6 Å². The fourth-order valence-corrected chi connectivity index (χ4v) is 4.70. The summed E-state index contributed by atoms with van der Waals surface area (Å²) in [6.45, 7) is 0.572. The van der Waals surface area contributed by atoms with E-state index in [2.05, 4.69) is 4.98 Å². The van der Waals surface area contributed by atoms with Crippen LogP contribution in [0.25, 0.3) is 0 Å². The number of hydrogen-bond donors (Lipinski definition) is 0. The molecule has 2 aliphatic rings. The average Bonchev–Trinajstić information content (AvgIpc) is 2.98. The van der Waals surface area contributed by atoms with Crippen molar-refractivity contribution in [2.45, 2.75) is 38.5 Å². The van der Waals surface area contributed by atoms with Gasteiger partial charge in [0.15, 0.2) is 5.78 Å². The lowest BCUT2D eigenvalue weighted by Gasteiger charge is -2.36. The quantitative estimate of drug-likeness (QED) is 0.727. The second kappa shape index (κ2) is 7.41. The molecule has 6 heteroatoms. The maximum absolute atomic E-state index is 13.6. The molecule has 1 aromatic carbocycles. The van der Waals surface area contributed by atoms with Crippen LogP contribution in [0.4, 0.5) is 14.5 Å². The predicted octanol–water partition coefficient (Wildman–Crippen LogP) is 4.55. The molecule has 146 valence electrons. The zero-order valence-electron chi connectivity index (χ0n) is 15.5. The van der Waals surface area contributed by atoms with Gasteiger partial charge in [-0.3, -0.25) is 14.6 Å². The Morgan fingerprint density at radius 2 is 2.04 bits per heavy atom. The lowest BCUT2D eigenvalue weighted by atomic mass is 9.67. The topological polar surface area (TPSA) is 50.3 Å². The molecule has 1 aliphatic carbocycles. The van der Waals surface area contributed by atoms with Crippen LogP contribution in [0.3, 0.4) is 0 Å². The van der Waals surface area contributed by atoms with Crippen LogP contribution in [-0.4, -0.2) is 23.2 Å². The summed E-state index contributed by atoms with van der Waals surface area (Å²) in [5.41, 5.74) is 0.391. The number of amides is 1. The van der Waals surface area contributed by atoms with Crippen molar-refractivity contribution in [1.82, 2.24) is 4.98 Å². The van der Waals surface area contributed by atoms with Gasteiger partial charge in [0.2, 0.25) is 5.91 Å². The van der Waals surface area contributed by atoms with Crippen molar-refractivity contribution in [3.8, 4) is 0 Å². The minimum absolute atomic E-state index is 0.0372. The molecule has 0 unspecified atom stereocenters. The average molecular weight is 384 g/mol. The lowest BCUT2D eigenvalue weighted by molar-refractivity contribution is -0.128. The van der Waals surface area contributed by atoms with E-state index in [4.69, 9.17) is 0 Å². The molecule has 0 radical (unpaired) electrons. The Hall–Kier alpha value is -2.63. The van der Waals surface area contributed by atoms with E-state index in [0.717, 1.165) is 31.9 Å². The highest BCUT2D eigenvalue weighted by molar-refractivity contribution is 6.00. The third kappa shape index (κ3) is 3.55. The van der Waals surface area contributed by atoms with E-state index in [0.29, 0.717) is 25.1 Å². The molecular weight excluding hydrogens is 362 g/mol. The minimum Gasteiger partial charge on any atom is -0.312 e. The number of carbonyl (C=O) groups is 2. The van der Waals surface area contributed by atoms with Crippen molar-refractivity contribution in [3.05, 3.63) is 59.9 Å². The summed E-state index contributed by atoms with van der Waals surface area (Å²) in [6, 6.07) is 8.76. The van der Waals surface area contributed by atoms with Crippen molar-refractivity contribution in [2.24, 2.45) is 11.3 Å². The Balaban J connectivity index is 1.46. The Morgan fingerprint density at radius 1 is 1.18 bits per heavy atom. The minimum atomic E-state index is -0.470. The number of Topliss-reactive ketones (excluding diaryl/α,β-unsaturated/α-hetero) is 1. The second-order valence-electron chi connectivity index (χ2n) is 7.92. The Bertz CT molecular complexity index is 900. The fraction of sp³-hybridized carbons (Fsp3) is 0.409. The molecule has 4 nitrogen and oxygen atoms in total. The fourth-order valence-electron chi connectivity index (χ4n) is 4.70. The maximum atomic E-state index is 13.6. The molecular formula is C22H22F2N2O2. The number of anilines is 1. The van der Waals surface area contributed by atoms with E-state index >= 15 is 0 Å². The van der Waals surface area contributed by atoms with Crippen LogP contribution in [-0.2, 0) is 4.79 Å². The molecule has 1 aromatic heterocycles. The number of nitrogens with zero attached hydrogens (tertiary/aromatic N) is 2. The number of rotatable bonds is 4. The van der Waals surface area contributed by atoms with Crippen molar-refractivity contribution < 1.29 is 18.4 Å². The summed E-state index contributed by atoms with van der Waals surface area (Å²) in [5, 5.41) is 0. The molecule has 1 spiro atoms. The summed E-state index contributed by atoms with van der Waals surface area (Å²) in [7, 11) is 0. The number of halogens is 2. The van der Waals surface area contributed by atoms with Gasteiger partial charge in [0, 0.05) is 18.7 Å². The summed E-state index contributed by atoms with van der Waals surface area (Å²) < 4.78 is 26.6. The van der Waals surface area contributed by atoms with Crippen LogP contribution in [0.5, 0.6) is 0 Å². The SMILES string of the molecule is O=C(C[C@H]1CCC[C@]2(CCN(c3cccc(F)c3)C2=O)C1)c1ccc(F)cn1.